The van der Waals surface area contributed by atoms with Crippen molar-refractivity contribution in [3.05, 3.63) is 237 Å². The summed E-state index contributed by atoms with van der Waals surface area (Å²) in [5, 5.41) is 13.0. The molecule has 0 amide bonds. The Morgan fingerprint density at radius 3 is 0.820 bits per heavy atom. The average Bonchev–Trinajstić information content (AvgIpc) is 1.81. The Hall–Kier alpha value is -9.76. The number of aryl methyl sites for hydroxylation is 5. The van der Waals surface area contributed by atoms with Gasteiger partial charge in [0.15, 0.2) is 0 Å². The second-order valence-corrected chi connectivity index (χ2v) is 22.5. The summed E-state index contributed by atoms with van der Waals surface area (Å²) in [4.78, 5) is 0. The van der Waals surface area contributed by atoms with Gasteiger partial charge in [-0.05, 0) is 210 Å². The van der Waals surface area contributed by atoms with Crippen LogP contribution in [0.1, 0.15) is 61.2 Å². The molecule has 0 atom stereocenters. The smallest absolute Gasteiger partial charge is 0.308 e. The topological polar surface area (TPSA) is 33.6 Å². The van der Waals surface area contributed by atoms with Crippen molar-refractivity contribution in [3.8, 4) is 73.1 Å². The van der Waals surface area contributed by atoms with Gasteiger partial charge in [-0.2, -0.15) is 71.1 Å². The maximum absolute atomic E-state index is 14.8. The number of hydrogen-bond acceptors (Lipinski definition) is 1. The fraction of sp³-hybridized carbons (Fsp3) is 0.141. The second kappa shape index (κ2) is 21.0. The van der Waals surface area contributed by atoms with E-state index in [0.29, 0.717) is 21.5 Å². The molecule has 0 fully saturated rings. The predicted octanol–water partition coefficient (Wildman–Crippen LogP) is 22.7. The number of nitrogens with zero attached hydrogens (tertiary/aromatic N) is 3. The zero-order valence-corrected chi connectivity index (χ0v) is 47.3. The molecular weight excluding hydrogens is 1180 g/mol. The van der Waals surface area contributed by atoms with E-state index in [1.165, 1.54) is 77.1 Å². The number of benzene rings is 10. The standard InChI is InChI=1S/C71H44F15N3/c1-36-16-46(27-51(20-36)68(75,76)77)42-6-11-56-57-12-7-43(47-17-37(2)21-52(28-47)69(78,79)80)32-61(57)88(60(56)31-42)64-25-41(35-87)26-65(66(64)55-15-10-50(24-40(55)5)67(72,73)74)89-62-33-44(48-18-38(3)22-53(29-48)70(81,82)83)8-13-58(62)59-14-9-45(34-63(59)89)49-19-39(4)23-54(30-49)71(84,85)86/h6-34H,1-5H3. The van der Waals surface area contributed by atoms with Gasteiger partial charge in [-0.1, -0.05) is 78.9 Å². The Balaban J connectivity index is 1.27. The molecule has 0 radical (unpaired) electrons. The molecule has 0 spiro atoms. The number of rotatable bonds is 7. The van der Waals surface area contributed by atoms with E-state index in [9.17, 15) is 71.1 Å². The third-order valence-corrected chi connectivity index (χ3v) is 16.0. The van der Waals surface area contributed by atoms with E-state index < -0.39 is 58.7 Å². The molecule has 0 aliphatic carbocycles. The first-order valence-corrected chi connectivity index (χ1v) is 27.4. The summed E-state index contributed by atoms with van der Waals surface area (Å²) >= 11 is 0. The minimum absolute atomic E-state index is 0.0223. The van der Waals surface area contributed by atoms with E-state index in [1.54, 1.807) is 81.9 Å². The number of alkyl halides is 15. The highest BCUT2D eigenvalue weighted by atomic mass is 19.4. The number of halogens is 15. The molecule has 0 bridgehead atoms. The van der Waals surface area contributed by atoms with Crippen molar-refractivity contribution in [2.75, 3.05) is 0 Å². The van der Waals surface area contributed by atoms with Gasteiger partial charge in [0, 0.05) is 27.1 Å². The molecule has 3 nitrogen and oxygen atoms in total. The van der Waals surface area contributed by atoms with Crippen LogP contribution in [0.3, 0.4) is 0 Å². The van der Waals surface area contributed by atoms with Crippen LogP contribution in [0.25, 0.3) is 111 Å². The first-order chi connectivity index (χ1) is 41.7. The molecule has 448 valence electrons. The Morgan fingerprint density at radius 2 is 0.573 bits per heavy atom. The van der Waals surface area contributed by atoms with Crippen molar-refractivity contribution in [1.82, 2.24) is 9.13 Å². The fourth-order valence-electron chi connectivity index (χ4n) is 12.2. The van der Waals surface area contributed by atoms with Gasteiger partial charge < -0.3 is 9.13 Å². The minimum atomic E-state index is -4.87. The summed E-state index contributed by atoms with van der Waals surface area (Å²) in [5.74, 6) is 0. The summed E-state index contributed by atoms with van der Waals surface area (Å²) in [6.45, 7) is 7.36. The van der Waals surface area contributed by atoms with Gasteiger partial charge in [-0.3, -0.25) is 0 Å². The Bertz CT molecular complexity index is 4450. The van der Waals surface area contributed by atoms with E-state index in [0.717, 1.165) is 60.7 Å². The molecule has 10 aromatic carbocycles. The van der Waals surface area contributed by atoms with Crippen LogP contribution in [0, 0.1) is 45.9 Å². The lowest BCUT2D eigenvalue weighted by atomic mass is 9.93. The van der Waals surface area contributed by atoms with Crippen LogP contribution in [0.5, 0.6) is 0 Å². The Labute approximate surface area is 497 Å². The van der Waals surface area contributed by atoms with E-state index in [4.69, 9.17) is 0 Å². The van der Waals surface area contributed by atoms with Crippen molar-refractivity contribution in [3.63, 3.8) is 0 Å². The molecule has 0 N–H and O–H groups in total. The molecule has 0 saturated carbocycles. The summed E-state index contributed by atoms with van der Waals surface area (Å²) in [6, 6.07) is 41.3. The summed E-state index contributed by atoms with van der Waals surface area (Å²) in [7, 11) is 0. The van der Waals surface area contributed by atoms with Gasteiger partial charge in [0.25, 0.3) is 0 Å². The lowest BCUT2D eigenvalue weighted by Crippen LogP contribution is -2.08. The third-order valence-electron chi connectivity index (χ3n) is 16.0. The van der Waals surface area contributed by atoms with Crippen LogP contribution in [0.2, 0.25) is 0 Å². The number of nitriles is 1. The average molecular weight is 1220 g/mol. The summed E-state index contributed by atoms with van der Waals surface area (Å²) in [6.07, 6.45) is -24.0. The van der Waals surface area contributed by atoms with Gasteiger partial charge in [0.1, 0.15) is 0 Å². The number of hydrogen-bond donors (Lipinski definition) is 0. The van der Waals surface area contributed by atoms with Crippen LogP contribution in [-0.2, 0) is 30.9 Å². The number of fused-ring (bicyclic) bond motifs is 6. The SMILES string of the molecule is Cc1cc(-c2ccc3c4ccc(-c5cc(C)cc(C(F)(F)F)c5)cc4n(-c4cc(C#N)cc(-n5c6cc(-c7cc(C)cc(C(F)(F)F)c7)ccc6c6ccc(-c7cc(C)cc(C(F)(F)F)c7)cc65)c4-c4ccc(C(F)(F)F)cc4C)c3c2)cc(C(F)(F)F)c1. The molecule has 2 aromatic heterocycles. The first kappa shape index (κ1) is 59.6. The maximum atomic E-state index is 14.8. The zero-order chi connectivity index (χ0) is 63.8. The molecule has 0 unspecified atom stereocenters. The minimum Gasteiger partial charge on any atom is -0.308 e. The molecular formula is C71H44F15N3. The van der Waals surface area contributed by atoms with Crippen LogP contribution in [0.4, 0.5) is 65.9 Å². The van der Waals surface area contributed by atoms with Crippen molar-refractivity contribution in [1.29, 1.82) is 5.26 Å². The van der Waals surface area contributed by atoms with Gasteiger partial charge in [-0.15, -0.1) is 0 Å². The molecule has 0 aliphatic rings. The van der Waals surface area contributed by atoms with Gasteiger partial charge >= 0.3 is 30.9 Å². The predicted molar refractivity (Wildman–Crippen MR) is 316 cm³/mol. The van der Waals surface area contributed by atoms with Gasteiger partial charge in [-0.25, -0.2) is 0 Å². The second-order valence-electron chi connectivity index (χ2n) is 22.5. The highest BCUT2D eigenvalue weighted by Crippen LogP contribution is 2.48. The highest BCUT2D eigenvalue weighted by molar-refractivity contribution is 6.14. The summed E-state index contributed by atoms with van der Waals surface area (Å²) < 4.78 is 222. The van der Waals surface area contributed by atoms with Gasteiger partial charge in [0.05, 0.1) is 72.9 Å². The first-order valence-electron chi connectivity index (χ1n) is 27.4. The van der Waals surface area contributed by atoms with E-state index in [1.807, 2.05) is 0 Å². The molecule has 0 aliphatic heterocycles. The van der Waals surface area contributed by atoms with E-state index >= 15 is 0 Å². The summed E-state index contributed by atoms with van der Waals surface area (Å²) in [5.41, 5.74) is -1.05. The normalized spacial score (nSPS) is 12.7. The van der Waals surface area contributed by atoms with Crippen molar-refractivity contribution < 1.29 is 65.9 Å². The lowest BCUT2D eigenvalue weighted by Gasteiger charge is -2.23. The Kier molecular flexibility index (Phi) is 14.0. The quantitative estimate of drug-likeness (QED) is 0.146. The molecule has 2 heterocycles. The van der Waals surface area contributed by atoms with E-state index in [-0.39, 0.29) is 122 Å². The van der Waals surface area contributed by atoms with Crippen molar-refractivity contribution in [2.45, 2.75) is 65.5 Å². The molecule has 18 heteroatoms. The van der Waals surface area contributed by atoms with E-state index in [2.05, 4.69) is 6.07 Å². The number of aromatic nitrogens is 2. The van der Waals surface area contributed by atoms with Crippen LogP contribution in [0.15, 0.2) is 176 Å². The van der Waals surface area contributed by atoms with Crippen LogP contribution in [-0.4, -0.2) is 9.13 Å². The highest BCUT2D eigenvalue weighted by Gasteiger charge is 2.36. The van der Waals surface area contributed by atoms with Crippen molar-refractivity contribution >= 4 is 43.6 Å². The molecule has 0 saturated heterocycles. The van der Waals surface area contributed by atoms with Crippen LogP contribution >= 0.6 is 0 Å². The largest absolute Gasteiger partial charge is 0.416 e. The van der Waals surface area contributed by atoms with Crippen molar-refractivity contribution in [2.24, 2.45) is 0 Å². The fourth-order valence-corrected chi connectivity index (χ4v) is 12.2. The zero-order valence-electron chi connectivity index (χ0n) is 47.3. The molecule has 89 heavy (non-hydrogen) atoms. The Morgan fingerprint density at radius 1 is 0.292 bits per heavy atom. The monoisotopic (exact) mass is 1220 g/mol. The van der Waals surface area contributed by atoms with Gasteiger partial charge in [0.2, 0.25) is 0 Å². The molecule has 12 aromatic rings. The van der Waals surface area contributed by atoms with Crippen LogP contribution < -0.4 is 0 Å². The third kappa shape index (κ3) is 11.0. The molecule has 12 rings (SSSR count). The lowest BCUT2D eigenvalue weighted by molar-refractivity contribution is -0.138. The maximum Gasteiger partial charge on any atom is 0.416 e.